The number of alkyl halides is 2. The van der Waals surface area contributed by atoms with Crippen molar-refractivity contribution in [1.29, 1.82) is 0 Å². The predicted molar refractivity (Wildman–Crippen MR) is 57.1 cm³/mol. The third-order valence-electron chi connectivity index (χ3n) is 2.02. The molecule has 3 N–H and O–H groups in total. The summed E-state index contributed by atoms with van der Waals surface area (Å²) in [7, 11) is -3.98. The Morgan fingerprint density at radius 2 is 2.24 bits per heavy atom. The lowest BCUT2D eigenvalue weighted by Crippen LogP contribution is -2.38. The van der Waals surface area contributed by atoms with Crippen LogP contribution in [0, 0.1) is 6.92 Å². The Kier molecular flexibility index (Phi) is 4.54. The van der Waals surface area contributed by atoms with Crippen LogP contribution < -0.4 is 5.73 Å². The SMILES string of the molecule is Cc1ncc(S(=O)(=O)N(CCN)CC(F)F)[nH]1. The average molecular weight is 268 g/mol. The van der Waals surface area contributed by atoms with Gasteiger partial charge in [0.15, 0.2) is 5.03 Å². The number of sulfonamides is 1. The Bertz CT molecular complexity index is 460. The molecule has 0 radical (unpaired) electrons. The van der Waals surface area contributed by atoms with Gasteiger partial charge >= 0.3 is 0 Å². The Labute approximate surface area is 97.9 Å². The number of aromatic nitrogens is 2. The third-order valence-corrected chi connectivity index (χ3v) is 3.79. The van der Waals surface area contributed by atoms with Crippen molar-refractivity contribution < 1.29 is 17.2 Å². The zero-order chi connectivity index (χ0) is 13.1. The summed E-state index contributed by atoms with van der Waals surface area (Å²) in [5.74, 6) is 0.397. The normalized spacial score (nSPS) is 12.6. The number of aromatic amines is 1. The molecular formula is C8H14F2N4O2S. The number of nitrogens with two attached hydrogens (primary N) is 1. The predicted octanol–water partition coefficient (Wildman–Crippen LogP) is -0.0674. The molecule has 1 rings (SSSR count). The zero-order valence-corrected chi connectivity index (χ0v) is 10.0. The van der Waals surface area contributed by atoms with E-state index in [1.165, 1.54) is 0 Å². The van der Waals surface area contributed by atoms with Gasteiger partial charge in [-0.25, -0.2) is 22.2 Å². The summed E-state index contributed by atoms with van der Waals surface area (Å²) in [6.45, 7) is 0.501. The van der Waals surface area contributed by atoms with Crippen molar-refractivity contribution in [3.63, 3.8) is 0 Å². The van der Waals surface area contributed by atoms with Crippen LogP contribution in [-0.2, 0) is 10.0 Å². The van der Waals surface area contributed by atoms with Crippen molar-refractivity contribution in [2.24, 2.45) is 5.73 Å². The van der Waals surface area contributed by atoms with Crippen molar-refractivity contribution in [2.75, 3.05) is 19.6 Å². The van der Waals surface area contributed by atoms with Crippen LogP contribution in [0.5, 0.6) is 0 Å². The number of H-pyrrole nitrogens is 1. The molecule has 0 unspecified atom stereocenters. The van der Waals surface area contributed by atoms with Gasteiger partial charge < -0.3 is 10.7 Å². The summed E-state index contributed by atoms with van der Waals surface area (Å²) in [5, 5.41) is -0.205. The van der Waals surface area contributed by atoms with Crippen LogP contribution in [0.3, 0.4) is 0 Å². The molecule has 1 aromatic rings. The van der Waals surface area contributed by atoms with E-state index in [9.17, 15) is 17.2 Å². The van der Waals surface area contributed by atoms with Gasteiger partial charge in [0.05, 0.1) is 12.7 Å². The molecule has 0 aliphatic heterocycles. The van der Waals surface area contributed by atoms with Crippen LogP contribution in [0.2, 0.25) is 0 Å². The smallest absolute Gasteiger partial charge is 0.260 e. The van der Waals surface area contributed by atoms with Gasteiger partial charge in [-0.2, -0.15) is 4.31 Å². The van der Waals surface area contributed by atoms with Gasteiger partial charge in [-0.3, -0.25) is 0 Å². The van der Waals surface area contributed by atoms with Crippen LogP contribution in [-0.4, -0.2) is 48.8 Å². The largest absolute Gasteiger partial charge is 0.332 e. The van der Waals surface area contributed by atoms with Crippen LogP contribution in [0.1, 0.15) is 5.82 Å². The Morgan fingerprint density at radius 3 is 2.65 bits per heavy atom. The van der Waals surface area contributed by atoms with E-state index in [4.69, 9.17) is 5.73 Å². The molecule has 0 aliphatic rings. The van der Waals surface area contributed by atoms with E-state index >= 15 is 0 Å². The highest BCUT2D eigenvalue weighted by Crippen LogP contribution is 2.14. The molecule has 1 aromatic heterocycles. The third kappa shape index (κ3) is 3.45. The number of nitrogens with zero attached hydrogens (tertiary/aromatic N) is 2. The highest BCUT2D eigenvalue weighted by Gasteiger charge is 2.28. The van der Waals surface area contributed by atoms with Gasteiger partial charge in [0.25, 0.3) is 16.4 Å². The van der Waals surface area contributed by atoms with E-state index < -0.39 is 23.0 Å². The highest BCUT2D eigenvalue weighted by atomic mass is 32.2. The fourth-order valence-corrected chi connectivity index (χ4v) is 2.67. The molecule has 9 heteroatoms. The standard InChI is InChI=1S/C8H14F2N4O2S/c1-6-12-4-8(13-6)17(15,16)14(3-2-11)5-7(9)10/h4,7H,2-3,5,11H2,1H3,(H,12,13). The number of hydrogen-bond acceptors (Lipinski definition) is 4. The molecule has 0 spiro atoms. The molecule has 0 aliphatic carbocycles. The lowest BCUT2D eigenvalue weighted by molar-refractivity contribution is 0.120. The molecule has 0 fully saturated rings. The summed E-state index contributed by atoms with van der Waals surface area (Å²) in [6.07, 6.45) is -1.65. The first-order chi connectivity index (χ1) is 7.87. The number of nitrogens with one attached hydrogen (secondary N) is 1. The zero-order valence-electron chi connectivity index (χ0n) is 9.23. The Balaban J connectivity index is 2.99. The minimum atomic E-state index is -3.98. The quantitative estimate of drug-likeness (QED) is 0.755. The molecule has 0 amide bonds. The number of aryl methyl sites for hydroxylation is 1. The second kappa shape index (κ2) is 5.52. The molecule has 1 heterocycles. The maximum absolute atomic E-state index is 12.3. The van der Waals surface area contributed by atoms with Gasteiger partial charge in [-0.05, 0) is 6.92 Å². The lowest BCUT2D eigenvalue weighted by Gasteiger charge is -2.19. The molecular weight excluding hydrogens is 254 g/mol. The molecule has 0 saturated carbocycles. The van der Waals surface area contributed by atoms with Crippen LogP contribution >= 0.6 is 0 Å². The van der Waals surface area contributed by atoms with E-state index in [0.717, 1.165) is 6.20 Å². The fourth-order valence-electron chi connectivity index (χ4n) is 1.28. The van der Waals surface area contributed by atoms with Gasteiger partial charge in [-0.1, -0.05) is 0 Å². The molecule has 98 valence electrons. The minimum Gasteiger partial charge on any atom is -0.332 e. The van der Waals surface area contributed by atoms with E-state index in [1.807, 2.05) is 0 Å². The molecule has 0 atom stereocenters. The van der Waals surface area contributed by atoms with Gasteiger partial charge in [0.1, 0.15) is 5.82 Å². The fraction of sp³-hybridized carbons (Fsp3) is 0.625. The van der Waals surface area contributed by atoms with Crippen LogP contribution in [0.4, 0.5) is 8.78 Å². The van der Waals surface area contributed by atoms with Crippen molar-refractivity contribution in [2.45, 2.75) is 18.4 Å². The first-order valence-electron chi connectivity index (χ1n) is 4.88. The summed E-state index contributed by atoms with van der Waals surface area (Å²) in [5.41, 5.74) is 5.21. The van der Waals surface area contributed by atoms with Crippen molar-refractivity contribution >= 4 is 10.0 Å². The summed E-state index contributed by atoms with van der Waals surface area (Å²) in [6, 6.07) is 0. The molecule has 6 nitrogen and oxygen atoms in total. The number of halogens is 2. The van der Waals surface area contributed by atoms with E-state index in [1.54, 1.807) is 6.92 Å². The maximum Gasteiger partial charge on any atom is 0.260 e. The second-order valence-electron chi connectivity index (χ2n) is 3.38. The topological polar surface area (TPSA) is 92.1 Å². The monoisotopic (exact) mass is 268 g/mol. The summed E-state index contributed by atoms with van der Waals surface area (Å²) < 4.78 is 49.1. The summed E-state index contributed by atoms with van der Waals surface area (Å²) in [4.78, 5) is 6.23. The van der Waals surface area contributed by atoms with Gasteiger partial charge in [-0.15, -0.1) is 0 Å². The number of rotatable bonds is 6. The van der Waals surface area contributed by atoms with E-state index in [-0.39, 0.29) is 18.1 Å². The average Bonchev–Trinajstić information content (AvgIpc) is 2.64. The lowest BCUT2D eigenvalue weighted by atomic mass is 10.6. The van der Waals surface area contributed by atoms with Crippen LogP contribution in [0.25, 0.3) is 0 Å². The minimum absolute atomic E-state index is 0.0287. The first-order valence-corrected chi connectivity index (χ1v) is 6.32. The van der Waals surface area contributed by atoms with E-state index in [0.29, 0.717) is 10.1 Å². The second-order valence-corrected chi connectivity index (χ2v) is 5.28. The van der Waals surface area contributed by atoms with Crippen molar-refractivity contribution in [3.8, 4) is 0 Å². The van der Waals surface area contributed by atoms with E-state index in [2.05, 4.69) is 9.97 Å². The Morgan fingerprint density at radius 1 is 1.59 bits per heavy atom. The highest BCUT2D eigenvalue weighted by molar-refractivity contribution is 7.89. The molecule has 0 bridgehead atoms. The van der Waals surface area contributed by atoms with Gasteiger partial charge in [0, 0.05) is 13.1 Å². The molecule has 0 saturated heterocycles. The van der Waals surface area contributed by atoms with Gasteiger partial charge in [0.2, 0.25) is 0 Å². The Hall–Kier alpha value is -1.06. The molecule has 17 heavy (non-hydrogen) atoms. The maximum atomic E-state index is 12.3. The van der Waals surface area contributed by atoms with Crippen molar-refractivity contribution in [3.05, 3.63) is 12.0 Å². The summed E-state index contributed by atoms with van der Waals surface area (Å²) >= 11 is 0. The van der Waals surface area contributed by atoms with Crippen LogP contribution in [0.15, 0.2) is 11.2 Å². The first kappa shape index (κ1) is 14.0. The number of imidazole rings is 1. The number of hydrogen-bond donors (Lipinski definition) is 2. The van der Waals surface area contributed by atoms with Crippen molar-refractivity contribution in [1.82, 2.24) is 14.3 Å². The molecule has 0 aromatic carbocycles.